The number of phosphoric acid groups is 1. The van der Waals surface area contributed by atoms with Gasteiger partial charge in [-0.2, -0.15) is 0 Å². The van der Waals surface area contributed by atoms with Crippen molar-refractivity contribution >= 4 is 7.82 Å². The second-order valence-electron chi connectivity index (χ2n) is 4.96. The minimum atomic E-state index is -3.80. The van der Waals surface area contributed by atoms with Crippen molar-refractivity contribution in [1.29, 1.82) is 0 Å². The maximum atomic E-state index is 11.5. The summed E-state index contributed by atoms with van der Waals surface area (Å²) in [6.45, 7) is 4.94. The molecule has 0 amide bonds. The zero-order valence-corrected chi connectivity index (χ0v) is 17.2. The van der Waals surface area contributed by atoms with Gasteiger partial charge in [-0.3, -0.25) is 9.05 Å². The normalized spacial score (nSPS) is 11.3. The molecule has 4 nitrogen and oxygen atoms in total. The van der Waals surface area contributed by atoms with E-state index in [-0.39, 0.29) is 19.5 Å². The molecule has 0 radical (unpaired) electrons. The zero-order valence-electron chi connectivity index (χ0n) is 13.3. The molecule has 0 aromatic heterocycles. The van der Waals surface area contributed by atoms with E-state index in [1.807, 2.05) is 0 Å². The van der Waals surface area contributed by atoms with Crippen LogP contribution in [0.3, 0.4) is 0 Å². The second kappa shape index (κ2) is 16.1. The van der Waals surface area contributed by atoms with Crippen LogP contribution in [0.25, 0.3) is 0 Å². The molecule has 118 valence electrons. The molecule has 0 aliphatic rings. The maximum Gasteiger partial charge on any atom is 0.472 e. The standard InChI is InChI=1S/C14H31O4P.Zn/c1-3-5-7-9-11-13-17-19(15,16)18-14-12-10-8-6-4-2;/h3-14H2,1-2H3,(H,15,16);. The van der Waals surface area contributed by atoms with Gasteiger partial charge in [0, 0.05) is 19.5 Å². The molecule has 0 heterocycles. The molecule has 0 aliphatic carbocycles. The largest absolute Gasteiger partial charge is 0.472 e. The molecule has 0 spiro atoms. The molecular weight excluding hydrogens is 329 g/mol. The fraction of sp³-hybridized carbons (Fsp3) is 1.00. The van der Waals surface area contributed by atoms with E-state index in [1.165, 1.54) is 25.7 Å². The van der Waals surface area contributed by atoms with Gasteiger partial charge in [0.2, 0.25) is 0 Å². The van der Waals surface area contributed by atoms with Crippen molar-refractivity contribution in [1.82, 2.24) is 0 Å². The van der Waals surface area contributed by atoms with E-state index in [1.54, 1.807) is 0 Å². The first-order valence-corrected chi connectivity index (χ1v) is 9.23. The molecule has 20 heavy (non-hydrogen) atoms. The fourth-order valence-corrected chi connectivity index (χ4v) is 2.60. The molecular formula is C14H31O4PZn. The molecule has 1 N–H and O–H groups in total. The number of hydrogen-bond acceptors (Lipinski definition) is 3. The van der Waals surface area contributed by atoms with E-state index in [0.717, 1.165) is 38.5 Å². The van der Waals surface area contributed by atoms with Gasteiger partial charge in [-0.05, 0) is 12.8 Å². The Hall–Kier alpha value is 0.733. The SMILES string of the molecule is CCCCCCCOP(=O)(O)OCCCCCCC.[Zn]. The first-order valence-electron chi connectivity index (χ1n) is 7.74. The van der Waals surface area contributed by atoms with Crippen LogP contribution in [0, 0.1) is 0 Å². The van der Waals surface area contributed by atoms with Crippen LogP contribution in [0.15, 0.2) is 0 Å². The van der Waals surface area contributed by atoms with Crippen LogP contribution in [0.2, 0.25) is 0 Å². The smallest absolute Gasteiger partial charge is 0.302 e. The molecule has 0 aliphatic heterocycles. The van der Waals surface area contributed by atoms with Crippen molar-refractivity contribution in [3.8, 4) is 0 Å². The minimum absolute atomic E-state index is 0. The van der Waals surface area contributed by atoms with Gasteiger partial charge in [0.25, 0.3) is 0 Å². The Bertz CT molecular complexity index is 219. The Morgan fingerprint density at radius 3 is 1.45 bits per heavy atom. The molecule has 0 aromatic carbocycles. The average Bonchev–Trinajstić information content (AvgIpc) is 2.38. The molecule has 0 fully saturated rings. The van der Waals surface area contributed by atoms with Crippen LogP contribution >= 0.6 is 7.82 Å². The summed E-state index contributed by atoms with van der Waals surface area (Å²) in [7, 11) is -3.80. The second-order valence-corrected chi connectivity index (χ2v) is 6.42. The summed E-state index contributed by atoms with van der Waals surface area (Å²) >= 11 is 0. The Balaban J connectivity index is 0. The number of unbranched alkanes of at least 4 members (excludes halogenated alkanes) is 8. The van der Waals surface area contributed by atoms with Crippen molar-refractivity contribution in [2.24, 2.45) is 0 Å². The van der Waals surface area contributed by atoms with Crippen molar-refractivity contribution < 1.29 is 38.0 Å². The first kappa shape index (κ1) is 23.0. The molecule has 0 atom stereocenters. The van der Waals surface area contributed by atoms with Gasteiger partial charge in [-0.1, -0.05) is 65.2 Å². The van der Waals surface area contributed by atoms with Crippen molar-refractivity contribution in [2.45, 2.75) is 78.1 Å². The van der Waals surface area contributed by atoms with Crippen LogP contribution in [-0.2, 0) is 33.1 Å². The van der Waals surface area contributed by atoms with Gasteiger partial charge in [0.15, 0.2) is 0 Å². The molecule has 0 rings (SSSR count). The molecule has 6 heteroatoms. The van der Waals surface area contributed by atoms with Crippen molar-refractivity contribution in [3.63, 3.8) is 0 Å². The summed E-state index contributed by atoms with van der Waals surface area (Å²) in [4.78, 5) is 9.43. The van der Waals surface area contributed by atoms with Gasteiger partial charge in [-0.25, -0.2) is 4.57 Å². The van der Waals surface area contributed by atoms with E-state index >= 15 is 0 Å². The van der Waals surface area contributed by atoms with Crippen LogP contribution in [-0.4, -0.2) is 18.1 Å². The summed E-state index contributed by atoms with van der Waals surface area (Å²) in [5.74, 6) is 0. The fourth-order valence-electron chi connectivity index (χ4n) is 1.81. The Morgan fingerprint density at radius 2 is 1.10 bits per heavy atom. The van der Waals surface area contributed by atoms with Gasteiger partial charge in [0.1, 0.15) is 0 Å². The minimum Gasteiger partial charge on any atom is -0.302 e. The van der Waals surface area contributed by atoms with Crippen LogP contribution < -0.4 is 0 Å². The van der Waals surface area contributed by atoms with Gasteiger partial charge < -0.3 is 4.89 Å². The molecule has 0 saturated heterocycles. The maximum absolute atomic E-state index is 11.5. The third-order valence-electron chi connectivity index (χ3n) is 3.00. The quantitative estimate of drug-likeness (QED) is 0.267. The van der Waals surface area contributed by atoms with E-state index in [4.69, 9.17) is 9.05 Å². The Labute approximate surface area is 137 Å². The Morgan fingerprint density at radius 1 is 0.750 bits per heavy atom. The average molecular weight is 360 g/mol. The van der Waals surface area contributed by atoms with Gasteiger partial charge in [-0.15, -0.1) is 0 Å². The predicted molar refractivity (Wildman–Crippen MR) is 79.2 cm³/mol. The third kappa shape index (κ3) is 16.8. The van der Waals surface area contributed by atoms with E-state index in [2.05, 4.69) is 13.8 Å². The topological polar surface area (TPSA) is 55.8 Å². The van der Waals surface area contributed by atoms with Gasteiger partial charge in [0.05, 0.1) is 13.2 Å². The summed E-state index contributed by atoms with van der Waals surface area (Å²) in [5, 5.41) is 0. The predicted octanol–water partition coefficient (Wildman–Crippen LogP) is 5.06. The van der Waals surface area contributed by atoms with Gasteiger partial charge >= 0.3 is 7.82 Å². The monoisotopic (exact) mass is 358 g/mol. The van der Waals surface area contributed by atoms with E-state index < -0.39 is 7.82 Å². The summed E-state index contributed by atoms with van der Waals surface area (Å²) in [5.41, 5.74) is 0. The van der Waals surface area contributed by atoms with Crippen molar-refractivity contribution in [2.75, 3.05) is 13.2 Å². The molecule has 0 bridgehead atoms. The first-order chi connectivity index (χ1) is 9.12. The van der Waals surface area contributed by atoms with Crippen LogP contribution in [0.4, 0.5) is 0 Å². The third-order valence-corrected chi connectivity index (χ3v) is 4.02. The van der Waals surface area contributed by atoms with Crippen LogP contribution in [0.1, 0.15) is 78.1 Å². The van der Waals surface area contributed by atoms with Crippen LogP contribution in [0.5, 0.6) is 0 Å². The summed E-state index contributed by atoms with van der Waals surface area (Å²) < 4.78 is 21.4. The summed E-state index contributed by atoms with van der Waals surface area (Å²) in [6, 6.07) is 0. The zero-order chi connectivity index (χ0) is 14.4. The Kier molecular flexibility index (Phi) is 18.5. The van der Waals surface area contributed by atoms with Crippen molar-refractivity contribution in [3.05, 3.63) is 0 Å². The van der Waals surface area contributed by atoms with E-state index in [0.29, 0.717) is 13.2 Å². The number of phosphoric ester groups is 1. The number of rotatable bonds is 14. The summed E-state index contributed by atoms with van der Waals surface area (Å²) in [6.07, 6.45) is 10.9. The number of hydrogen-bond donors (Lipinski definition) is 1. The molecule has 0 saturated carbocycles. The molecule has 0 aromatic rings. The van der Waals surface area contributed by atoms with E-state index in [9.17, 15) is 9.46 Å². The molecule has 0 unspecified atom stereocenters.